The molecule has 5 heterocycles. The summed E-state index contributed by atoms with van der Waals surface area (Å²) >= 11 is 0. The van der Waals surface area contributed by atoms with E-state index in [0.29, 0.717) is 29.6 Å². The second-order valence-electron chi connectivity index (χ2n) is 14.1. The number of hydrogen-bond donors (Lipinski definition) is 2. The van der Waals surface area contributed by atoms with E-state index in [4.69, 9.17) is 10.4 Å². The molecule has 5 aromatic rings. The quantitative estimate of drug-likeness (QED) is 0.241. The van der Waals surface area contributed by atoms with E-state index in [9.17, 15) is 19.2 Å². The number of carbonyl (C=O) groups excluding carboxylic acids is 3. The average molecular weight is 701 g/mol. The van der Waals surface area contributed by atoms with Crippen LogP contribution in [0.15, 0.2) is 65.6 Å². The number of pyridine rings is 1. The van der Waals surface area contributed by atoms with Crippen molar-refractivity contribution in [3.63, 3.8) is 0 Å². The molecule has 14 nitrogen and oxygen atoms in total. The number of amides is 3. The molecule has 0 radical (unpaired) electrons. The van der Waals surface area contributed by atoms with E-state index in [1.807, 2.05) is 36.4 Å². The number of imidazole rings is 1. The number of anilines is 2. The Balaban J connectivity index is 0.861. The van der Waals surface area contributed by atoms with Gasteiger partial charge in [0.15, 0.2) is 0 Å². The molecule has 3 aromatic heterocycles. The number of aryl methyl sites for hydroxylation is 1. The number of piperidine rings is 1. The van der Waals surface area contributed by atoms with Crippen molar-refractivity contribution in [2.75, 3.05) is 42.9 Å². The standard InChI is InChI=1S/C38H40N10O4/c1-44-35-31(6-3-7-32(35)48(38(44)52)33-14-15-34(49)42-37(33)51)46-18-16-45(17-19-46)22-24-8-11-28(12-9-24)47-23-25-20-26(10-13-29(25)43-47)41-36(50)30-5-2-4-27(21-39)40-30/h2-7,10,13,20,23-24,28,33H,8-9,11-12,14-19,22H2,1H3,(H,41,50)(H,42,49,51)/t24-,28-,33?. The topological polar surface area (TPSA) is 163 Å². The zero-order valence-corrected chi connectivity index (χ0v) is 29.0. The maximum Gasteiger partial charge on any atom is 0.329 e. The van der Waals surface area contributed by atoms with Crippen LogP contribution in [0.4, 0.5) is 11.4 Å². The molecule has 8 rings (SSSR count). The largest absolute Gasteiger partial charge is 0.367 e. The Labute approximate surface area is 299 Å². The van der Waals surface area contributed by atoms with E-state index < -0.39 is 11.9 Å². The van der Waals surface area contributed by atoms with E-state index in [0.717, 1.165) is 80.5 Å². The third-order valence-electron chi connectivity index (χ3n) is 10.9. The number of imide groups is 1. The number of nitrogens with zero attached hydrogens (tertiary/aromatic N) is 8. The van der Waals surface area contributed by atoms with Crippen molar-refractivity contribution in [3.8, 4) is 6.07 Å². The second-order valence-corrected chi connectivity index (χ2v) is 14.1. The van der Waals surface area contributed by atoms with Crippen LogP contribution in [-0.4, -0.2) is 79.2 Å². The van der Waals surface area contributed by atoms with Crippen molar-refractivity contribution in [2.24, 2.45) is 13.0 Å². The van der Waals surface area contributed by atoms with E-state index >= 15 is 0 Å². The lowest BCUT2D eigenvalue weighted by Crippen LogP contribution is -2.48. The van der Waals surface area contributed by atoms with Gasteiger partial charge in [0, 0.05) is 63.5 Å². The van der Waals surface area contributed by atoms with Crippen LogP contribution in [0, 0.1) is 17.2 Å². The maximum absolute atomic E-state index is 13.4. The highest BCUT2D eigenvalue weighted by Gasteiger charge is 2.33. The first-order valence-corrected chi connectivity index (χ1v) is 17.9. The van der Waals surface area contributed by atoms with Crippen LogP contribution in [0.3, 0.4) is 0 Å². The van der Waals surface area contributed by atoms with Gasteiger partial charge in [0.05, 0.1) is 28.3 Å². The van der Waals surface area contributed by atoms with Crippen molar-refractivity contribution in [2.45, 2.75) is 50.6 Å². The number of piperazine rings is 1. The van der Waals surface area contributed by atoms with E-state index in [1.165, 1.54) is 0 Å². The fraction of sp³-hybridized carbons (Fsp3) is 0.395. The molecule has 3 aliphatic rings. The van der Waals surface area contributed by atoms with E-state index in [1.54, 1.807) is 34.4 Å². The molecule has 14 heteroatoms. The fourth-order valence-electron chi connectivity index (χ4n) is 8.16. The minimum atomic E-state index is -0.699. The summed E-state index contributed by atoms with van der Waals surface area (Å²) in [4.78, 5) is 59.5. The van der Waals surface area contributed by atoms with Gasteiger partial charge in [-0.1, -0.05) is 12.1 Å². The maximum atomic E-state index is 13.4. The van der Waals surface area contributed by atoms with Crippen molar-refractivity contribution >= 4 is 51.0 Å². The van der Waals surface area contributed by atoms with Crippen LogP contribution in [-0.2, 0) is 16.6 Å². The Bertz CT molecular complexity index is 2300. The summed E-state index contributed by atoms with van der Waals surface area (Å²) in [7, 11) is 1.75. The summed E-state index contributed by atoms with van der Waals surface area (Å²) in [5.74, 6) is -0.468. The summed E-state index contributed by atoms with van der Waals surface area (Å²) in [5, 5.41) is 20.2. The summed E-state index contributed by atoms with van der Waals surface area (Å²) in [6, 6.07) is 17.9. The predicted molar refractivity (Wildman–Crippen MR) is 195 cm³/mol. The van der Waals surface area contributed by atoms with Gasteiger partial charge in [-0.05, 0) is 80.5 Å². The second kappa shape index (κ2) is 13.7. The first-order valence-electron chi connectivity index (χ1n) is 17.9. The lowest BCUT2D eigenvalue weighted by molar-refractivity contribution is -0.135. The average Bonchev–Trinajstić information content (AvgIpc) is 3.70. The normalized spacial score (nSPS) is 21.3. The lowest BCUT2D eigenvalue weighted by Gasteiger charge is -2.39. The van der Waals surface area contributed by atoms with Gasteiger partial charge in [0.2, 0.25) is 11.8 Å². The summed E-state index contributed by atoms with van der Waals surface area (Å²) in [6.45, 7) is 4.61. The molecule has 1 unspecified atom stereocenters. The van der Waals surface area contributed by atoms with Gasteiger partial charge in [0.25, 0.3) is 5.91 Å². The molecule has 2 aromatic carbocycles. The molecule has 1 atom stereocenters. The summed E-state index contributed by atoms with van der Waals surface area (Å²) < 4.78 is 5.27. The van der Waals surface area contributed by atoms with Crippen molar-refractivity contribution in [3.05, 3.63) is 82.7 Å². The lowest BCUT2D eigenvalue weighted by atomic mass is 9.85. The van der Waals surface area contributed by atoms with Gasteiger partial charge in [-0.15, -0.1) is 0 Å². The van der Waals surface area contributed by atoms with Gasteiger partial charge in [-0.2, -0.15) is 10.4 Å². The molecule has 2 N–H and O–H groups in total. The van der Waals surface area contributed by atoms with Crippen LogP contribution in [0.1, 0.15) is 66.8 Å². The molecular formula is C38H40N10O4. The number of nitriles is 1. The number of para-hydroxylation sites is 1. The molecule has 1 saturated carbocycles. The Morgan fingerprint density at radius 2 is 1.77 bits per heavy atom. The highest BCUT2D eigenvalue weighted by atomic mass is 16.2. The third kappa shape index (κ3) is 6.32. The van der Waals surface area contributed by atoms with E-state index in [2.05, 4.69) is 42.4 Å². The Morgan fingerprint density at radius 1 is 0.981 bits per heavy atom. The highest BCUT2D eigenvalue weighted by Crippen LogP contribution is 2.35. The predicted octanol–water partition coefficient (Wildman–Crippen LogP) is 3.74. The zero-order valence-electron chi connectivity index (χ0n) is 29.0. The van der Waals surface area contributed by atoms with Gasteiger partial charge >= 0.3 is 5.69 Å². The SMILES string of the molecule is Cn1c(=O)n(C2CCC(=O)NC2=O)c2cccc(N3CCN(C[C@H]4CC[C@H](n5cc6cc(NC(=O)c7cccc(C#N)n7)ccc6n5)CC4)CC3)c21. The van der Waals surface area contributed by atoms with Gasteiger partial charge in [-0.3, -0.25) is 38.4 Å². The molecule has 3 amide bonds. The van der Waals surface area contributed by atoms with Crippen molar-refractivity contribution in [1.82, 2.24) is 34.1 Å². The summed E-state index contributed by atoms with van der Waals surface area (Å²) in [6.07, 6.45) is 6.98. The number of hydrogen-bond acceptors (Lipinski definition) is 9. The molecule has 3 fully saturated rings. The smallest absolute Gasteiger partial charge is 0.329 e. The van der Waals surface area contributed by atoms with Crippen molar-refractivity contribution < 1.29 is 14.4 Å². The van der Waals surface area contributed by atoms with Crippen LogP contribution in [0.5, 0.6) is 0 Å². The number of nitrogens with one attached hydrogen (secondary N) is 2. The number of benzene rings is 2. The van der Waals surface area contributed by atoms with Gasteiger partial charge in [-0.25, -0.2) is 9.78 Å². The Morgan fingerprint density at radius 3 is 2.54 bits per heavy atom. The van der Waals surface area contributed by atoms with Crippen LogP contribution in [0.2, 0.25) is 0 Å². The highest BCUT2D eigenvalue weighted by molar-refractivity contribution is 6.04. The molecule has 52 heavy (non-hydrogen) atoms. The number of carbonyl (C=O) groups is 3. The van der Waals surface area contributed by atoms with Crippen LogP contribution in [0.25, 0.3) is 21.9 Å². The first-order chi connectivity index (χ1) is 25.2. The number of aromatic nitrogens is 5. The minimum Gasteiger partial charge on any atom is -0.367 e. The fourth-order valence-corrected chi connectivity index (χ4v) is 8.16. The summed E-state index contributed by atoms with van der Waals surface area (Å²) in [5.41, 5.74) is 4.19. The first kappa shape index (κ1) is 33.3. The molecule has 1 aliphatic carbocycles. The Hall–Kier alpha value is -5.81. The van der Waals surface area contributed by atoms with Gasteiger partial charge in [0.1, 0.15) is 23.5 Å². The number of rotatable bonds is 7. The Kier molecular flexibility index (Phi) is 8.80. The van der Waals surface area contributed by atoms with Gasteiger partial charge < -0.3 is 10.2 Å². The zero-order chi connectivity index (χ0) is 35.9. The monoisotopic (exact) mass is 700 g/mol. The van der Waals surface area contributed by atoms with E-state index in [-0.39, 0.29) is 35.3 Å². The number of fused-ring (bicyclic) bond motifs is 2. The van der Waals surface area contributed by atoms with Crippen LogP contribution < -0.4 is 21.2 Å². The molecular weight excluding hydrogens is 660 g/mol. The molecule has 0 spiro atoms. The molecule has 266 valence electrons. The molecule has 2 aliphatic heterocycles. The minimum absolute atomic E-state index is 0.193. The third-order valence-corrected chi connectivity index (χ3v) is 10.9. The van der Waals surface area contributed by atoms with Crippen LogP contribution >= 0.6 is 0 Å². The molecule has 2 saturated heterocycles. The molecule has 0 bridgehead atoms. The van der Waals surface area contributed by atoms with Crippen molar-refractivity contribution in [1.29, 1.82) is 5.26 Å².